The molecule has 0 aromatic rings. The van der Waals surface area contributed by atoms with Crippen LogP contribution >= 0.6 is 0 Å². The lowest BCUT2D eigenvalue weighted by Crippen LogP contribution is -2.48. The molecule has 1 aliphatic rings. The van der Waals surface area contributed by atoms with Gasteiger partial charge in [0.25, 0.3) is 0 Å². The van der Waals surface area contributed by atoms with Gasteiger partial charge in [0.05, 0.1) is 0 Å². The minimum absolute atomic E-state index is 0.211. The predicted molar refractivity (Wildman–Crippen MR) is 51.7 cm³/mol. The van der Waals surface area contributed by atoms with E-state index >= 15 is 0 Å². The molecule has 0 aliphatic heterocycles. The maximum atomic E-state index is 11.0. The summed E-state index contributed by atoms with van der Waals surface area (Å²) in [4.78, 5) is 21.9. The van der Waals surface area contributed by atoms with Crippen molar-refractivity contribution in [3.8, 4) is 0 Å². The highest BCUT2D eigenvalue weighted by atomic mass is 16.4. The van der Waals surface area contributed by atoms with Gasteiger partial charge in [-0.3, -0.25) is 4.79 Å². The van der Waals surface area contributed by atoms with E-state index in [4.69, 9.17) is 5.11 Å². The highest BCUT2D eigenvalue weighted by Gasteiger charge is 2.55. The predicted octanol–water partition coefficient (Wildman–Crippen LogP) is 1.01. The number of hydrogen-bond acceptors (Lipinski definition) is 2. The third-order valence-corrected chi connectivity index (χ3v) is 3.15. The second kappa shape index (κ2) is 3.59. The first-order chi connectivity index (χ1) is 6.40. The summed E-state index contributed by atoms with van der Waals surface area (Å²) < 4.78 is 0. The maximum absolute atomic E-state index is 11.0. The van der Waals surface area contributed by atoms with Gasteiger partial charge in [0, 0.05) is 12.3 Å². The van der Waals surface area contributed by atoms with Crippen molar-refractivity contribution < 1.29 is 14.7 Å². The third-order valence-electron chi connectivity index (χ3n) is 3.15. The van der Waals surface area contributed by atoms with E-state index in [9.17, 15) is 9.59 Å². The fraction of sp³-hybridized carbons (Fsp3) is 0.800. The summed E-state index contributed by atoms with van der Waals surface area (Å²) in [5, 5.41) is 11.6. The van der Waals surface area contributed by atoms with Crippen LogP contribution in [0.4, 0.5) is 0 Å². The van der Waals surface area contributed by atoms with Crippen LogP contribution in [0.5, 0.6) is 0 Å². The molecule has 0 bridgehead atoms. The molecule has 4 heteroatoms. The number of carboxylic acid groups (broad SMARTS) is 1. The first-order valence-electron chi connectivity index (χ1n) is 4.90. The van der Waals surface area contributed by atoms with Crippen molar-refractivity contribution in [1.82, 2.24) is 5.32 Å². The van der Waals surface area contributed by atoms with Gasteiger partial charge in [-0.15, -0.1) is 0 Å². The Hall–Kier alpha value is -1.06. The van der Waals surface area contributed by atoms with Crippen molar-refractivity contribution in [1.29, 1.82) is 0 Å². The van der Waals surface area contributed by atoms with Crippen LogP contribution in [0.1, 0.15) is 33.6 Å². The maximum Gasteiger partial charge on any atom is 0.326 e. The Kier molecular flexibility index (Phi) is 2.83. The fourth-order valence-electron chi connectivity index (χ4n) is 2.00. The molecule has 0 saturated heterocycles. The monoisotopic (exact) mass is 199 g/mol. The zero-order chi connectivity index (χ0) is 10.9. The smallest absolute Gasteiger partial charge is 0.326 e. The van der Waals surface area contributed by atoms with E-state index in [1.807, 2.05) is 13.8 Å². The van der Waals surface area contributed by atoms with Crippen LogP contribution in [0.15, 0.2) is 0 Å². The average Bonchev–Trinajstić information content (AvgIpc) is 2.79. The summed E-state index contributed by atoms with van der Waals surface area (Å²) in [6.07, 6.45) is 1.78. The van der Waals surface area contributed by atoms with E-state index in [1.54, 1.807) is 0 Å². The molecule has 1 saturated carbocycles. The van der Waals surface area contributed by atoms with Gasteiger partial charge >= 0.3 is 5.97 Å². The molecule has 1 amide bonds. The number of aliphatic carboxylic acids is 1. The van der Waals surface area contributed by atoms with Crippen LogP contribution in [0.2, 0.25) is 0 Å². The fourth-order valence-corrected chi connectivity index (χ4v) is 2.00. The van der Waals surface area contributed by atoms with Crippen LogP contribution in [-0.4, -0.2) is 23.0 Å². The largest absolute Gasteiger partial charge is 0.480 e. The van der Waals surface area contributed by atoms with E-state index in [-0.39, 0.29) is 17.2 Å². The summed E-state index contributed by atoms with van der Waals surface area (Å²) in [5.41, 5.74) is -0.211. The molecule has 0 radical (unpaired) electrons. The number of rotatable bonds is 4. The van der Waals surface area contributed by atoms with E-state index in [1.165, 1.54) is 6.92 Å². The molecular formula is C10H17NO3. The molecule has 1 atom stereocenters. The Bertz CT molecular complexity index is 256. The van der Waals surface area contributed by atoms with Gasteiger partial charge in [0.15, 0.2) is 0 Å². The van der Waals surface area contributed by atoms with Crippen molar-refractivity contribution in [3.05, 3.63) is 0 Å². The highest BCUT2D eigenvalue weighted by Crippen LogP contribution is 2.54. The minimum Gasteiger partial charge on any atom is -0.480 e. The number of amides is 1. The zero-order valence-corrected chi connectivity index (χ0v) is 8.83. The van der Waals surface area contributed by atoms with E-state index in [0.717, 1.165) is 12.8 Å². The lowest BCUT2D eigenvalue weighted by molar-refractivity contribution is -0.144. The number of hydrogen-bond donors (Lipinski definition) is 2. The summed E-state index contributed by atoms with van der Waals surface area (Å²) >= 11 is 0. The Balaban J connectivity index is 2.78. The molecule has 0 aromatic carbocycles. The first kappa shape index (κ1) is 11.0. The molecule has 1 aliphatic carbocycles. The highest BCUT2D eigenvalue weighted by molar-refractivity contribution is 5.83. The second-order valence-electron chi connectivity index (χ2n) is 4.36. The third kappa shape index (κ3) is 1.89. The molecule has 0 spiro atoms. The standard InChI is InChI=1S/C10H17NO3/c1-6(2)10(4-5-10)8(9(13)14)11-7(3)12/h6,8H,4-5H2,1-3H3,(H,11,12)(H,13,14). The molecule has 0 heterocycles. The Morgan fingerprint density at radius 1 is 1.36 bits per heavy atom. The normalized spacial score (nSPS) is 20.3. The molecule has 1 unspecified atom stereocenters. The van der Waals surface area contributed by atoms with Gasteiger partial charge in [-0.2, -0.15) is 0 Å². The number of carbonyl (C=O) groups excluding carboxylic acids is 1. The van der Waals surface area contributed by atoms with E-state index in [2.05, 4.69) is 5.32 Å². The Labute approximate surface area is 83.7 Å². The Morgan fingerprint density at radius 2 is 1.86 bits per heavy atom. The average molecular weight is 199 g/mol. The first-order valence-corrected chi connectivity index (χ1v) is 4.90. The Morgan fingerprint density at radius 3 is 2.07 bits per heavy atom. The van der Waals surface area contributed by atoms with Crippen molar-refractivity contribution >= 4 is 11.9 Å². The summed E-state index contributed by atoms with van der Waals surface area (Å²) in [5.74, 6) is -0.911. The SMILES string of the molecule is CC(=O)NC(C(=O)O)C1(C(C)C)CC1. The van der Waals surface area contributed by atoms with Gasteiger partial charge in [-0.25, -0.2) is 4.79 Å². The number of carboxylic acids is 1. The topological polar surface area (TPSA) is 66.4 Å². The molecular weight excluding hydrogens is 182 g/mol. The van der Waals surface area contributed by atoms with Gasteiger partial charge in [-0.05, 0) is 18.8 Å². The molecule has 1 rings (SSSR count). The molecule has 80 valence electrons. The summed E-state index contributed by atoms with van der Waals surface area (Å²) in [6.45, 7) is 5.36. The van der Waals surface area contributed by atoms with Crippen LogP contribution < -0.4 is 5.32 Å². The van der Waals surface area contributed by atoms with Crippen molar-refractivity contribution in [2.24, 2.45) is 11.3 Å². The number of carbonyl (C=O) groups is 2. The van der Waals surface area contributed by atoms with Crippen LogP contribution in [0.25, 0.3) is 0 Å². The lowest BCUT2D eigenvalue weighted by Gasteiger charge is -2.27. The van der Waals surface area contributed by atoms with Crippen molar-refractivity contribution in [3.63, 3.8) is 0 Å². The van der Waals surface area contributed by atoms with E-state index in [0.29, 0.717) is 0 Å². The van der Waals surface area contributed by atoms with Gasteiger partial charge in [0.1, 0.15) is 6.04 Å². The number of nitrogens with one attached hydrogen (secondary N) is 1. The zero-order valence-electron chi connectivity index (χ0n) is 8.83. The second-order valence-corrected chi connectivity index (χ2v) is 4.36. The molecule has 0 aromatic heterocycles. The van der Waals surface area contributed by atoms with Crippen molar-refractivity contribution in [2.75, 3.05) is 0 Å². The van der Waals surface area contributed by atoms with Crippen molar-refractivity contribution in [2.45, 2.75) is 39.7 Å². The van der Waals surface area contributed by atoms with E-state index < -0.39 is 12.0 Å². The summed E-state index contributed by atoms with van der Waals surface area (Å²) in [7, 11) is 0. The molecule has 4 nitrogen and oxygen atoms in total. The van der Waals surface area contributed by atoms with Crippen LogP contribution in [-0.2, 0) is 9.59 Å². The van der Waals surface area contributed by atoms with Gasteiger partial charge in [0.2, 0.25) is 5.91 Å². The van der Waals surface area contributed by atoms with Gasteiger partial charge < -0.3 is 10.4 Å². The minimum atomic E-state index is -0.925. The van der Waals surface area contributed by atoms with Gasteiger partial charge in [-0.1, -0.05) is 13.8 Å². The summed E-state index contributed by atoms with van der Waals surface area (Å²) in [6, 6.07) is -0.722. The molecule has 2 N–H and O–H groups in total. The van der Waals surface area contributed by atoms with Crippen LogP contribution in [0.3, 0.4) is 0 Å². The lowest BCUT2D eigenvalue weighted by atomic mass is 9.84. The quantitative estimate of drug-likeness (QED) is 0.710. The molecule has 1 fully saturated rings. The van der Waals surface area contributed by atoms with Crippen LogP contribution in [0, 0.1) is 11.3 Å². The molecule has 14 heavy (non-hydrogen) atoms.